The minimum Gasteiger partial charge on any atom is -0.497 e. The first-order chi connectivity index (χ1) is 16.7. The second-order valence-electron chi connectivity index (χ2n) is 8.27. The lowest BCUT2D eigenvalue weighted by molar-refractivity contribution is -0.117. The van der Waals surface area contributed by atoms with E-state index in [4.69, 9.17) is 14.2 Å². The van der Waals surface area contributed by atoms with Gasteiger partial charge in [0, 0.05) is 30.1 Å². The van der Waals surface area contributed by atoms with Gasteiger partial charge in [-0.05, 0) is 49.7 Å². The first-order valence-corrected chi connectivity index (χ1v) is 11.7. The van der Waals surface area contributed by atoms with Crippen LogP contribution in [0.5, 0.6) is 23.1 Å². The molecule has 34 heavy (non-hydrogen) atoms. The first-order valence-electron chi connectivity index (χ1n) is 11.7. The molecule has 0 unspecified atom stereocenters. The highest BCUT2D eigenvalue weighted by molar-refractivity contribution is 5.92. The molecule has 0 spiro atoms. The Morgan fingerprint density at radius 3 is 2.76 bits per heavy atom. The molecule has 3 aromatic rings. The fourth-order valence-electron chi connectivity index (χ4n) is 3.93. The lowest BCUT2D eigenvalue weighted by atomic mass is 10.1. The molecule has 2 aromatic carbocycles. The van der Waals surface area contributed by atoms with Gasteiger partial charge in [0.2, 0.25) is 11.8 Å². The molecular formula is C27H31N3O4. The summed E-state index contributed by atoms with van der Waals surface area (Å²) in [5.74, 6) is 2.51. The summed E-state index contributed by atoms with van der Waals surface area (Å²) in [6, 6.07) is 18.9. The van der Waals surface area contributed by atoms with Crippen molar-refractivity contribution in [2.24, 2.45) is 0 Å². The normalized spacial score (nSPS) is 15.0. The highest BCUT2D eigenvalue weighted by Gasteiger charge is 2.17. The van der Waals surface area contributed by atoms with Crippen LogP contribution in [-0.4, -0.2) is 42.6 Å². The van der Waals surface area contributed by atoms with Gasteiger partial charge in [0.25, 0.3) is 0 Å². The Bertz CT molecular complexity index is 1090. The molecule has 0 fully saturated rings. The van der Waals surface area contributed by atoms with Crippen molar-refractivity contribution in [2.75, 3.05) is 32.1 Å². The Hall–Kier alpha value is -3.58. The average molecular weight is 462 g/mol. The molecule has 1 N–H and O–H groups in total. The van der Waals surface area contributed by atoms with Crippen molar-refractivity contribution in [3.05, 3.63) is 72.4 Å². The molecule has 7 nitrogen and oxygen atoms in total. The van der Waals surface area contributed by atoms with E-state index in [9.17, 15) is 4.79 Å². The molecule has 4 rings (SSSR count). The molecule has 0 aliphatic carbocycles. The molecule has 1 aliphatic rings. The number of para-hydroxylation sites is 2. The standard InChI is InChI=1S/C27H31N3O4/c1-32-23-12-8-11-22(18-23)29-26(31)20-30-16-6-2-3-7-17-33-24-13-4-5-14-25(24)34-27-21(19-30)10-9-15-28-27/h4-5,8-15,18H,2-3,6-7,16-17,19-20H2,1H3,(H,29,31). The van der Waals surface area contributed by atoms with Gasteiger partial charge in [-0.2, -0.15) is 0 Å². The molecular weight excluding hydrogens is 430 g/mol. The molecule has 0 saturated heterocycles. The monoisotopic (exact) mass is 461 g/mol. The summed E-state index contributed by atoms with van der Waals surface area (Å²) in [7, 11) is 1.61. The summed E-state index contributed by atoms with van der Waals surface area (Å²) in [5, 5.41) is 2.98. The van der Waals surface area contributed by atoms with Gasteiger partial charge in [0.15, 0.2) is 11.5 Å². The maximum Gasteiger partial charge on any atom is 0.238 e. The number of carbonyl (C=O) groups excluding carboxylic acids is 1. The Morgan fingerprint density at radius 1 is 1.03 bits per heavy atom. The van der Waals surface area contributed by atoms with Gasteiger partial charge < -0.3 is 19.5 Å². The number of hydrogen-bond acceptors (Lipinski definition) is 6. The molecule has 0 bridgehead atoms. The van der Waals surface area contributed by atoms with Gasteiger partial charge in [0.1, 0.15) is 5.75 Å². The number of amides is 1. The van der Waals surface area contributed by atoms with E-state index >= 15 is 0 Å². The van der Waals surface area contributed by atoms with Crippen LogP contribution in [0.1, 0.15) is 31.2 Å². The topological polar surface area (TPSA) is 72.9 Å². The number of fused-ring (bicyclic) bond motifs is 2. The second-order valence-corrected chi connectivity index (χ2v) is 8.27. The van der Waals surface area contributed by atoms with E-state index < -0.39 is 0 Å². The van der Waals surface area contributed by atoms with Crippen LogP contribution in [0.2, 0.25) is 0 Å². The van der Waals surface area contributed by atoms with E-state index in [0.29, 0.717) is 42.0 Å². The van der Waals surface area contributed by atoms with Crippen LogP contribution in [0, 0.1) is 0 Å². The zero-order chi connectivity index (χ0) is 23.6. The fraction of sp³-hybridized carbons (Fsp3) is 0.333. The lowest BCUT2D eigenvalue weighted by Crippen LogP contribution is -2.34. The third-order valence-electron chi connectivity index (χ3n) is 5.65. The maximum atomic E-state index is 12.9. The summed E-state index contributed by atoms with van der Waals surface area (Å²) < 4.78 is 17.4. The van der Waals surface area contributed by atoms with Crippen LogP contribution < -0.4 is 19.5 Å². The molecule has 1 aromatic heterocycles. The summed E-state index contributed by atoms with van der Waals surface area (Å²) in [4.78, 5) is 19.5. The Balaban J connectivity index is 1.51. The Morgan fingerprint density at radius 2 is 1.88 bits per heavy atom. The van der Waals surface area contributed by atoms with Gasteiger partial charge in [-0.3, -0.25) is 9.69 Å². The number of rotatable bonds is 4. The Kier molecular flexibility index (Phi) is 8.35. The average Bonchev–Trinajstić information content (AvgIpc) is 2.85. The fourth-order valence-corrected chi connectivity index (χ4v) is 3.93. The Labute approximate surface area is 200 Å². The summed E-state index contributed by atoms with van der Waals surface area (Å²) >= 11 is 0. The number of hydrogen-bond donors (Lipinski definition) is 1. The van der Waals surface area contributed by atoms with Gasteiger partial charge >= 0.3 is 0 Å². The van der Waals surface area contributed by atoms with E-state index in [1.807, 2.05) is 60.7 Å². The first kappa shape index (κ1) is 23.6. The van der Waals surface area contributed by atoms with Crippen molar-refractivity contribution in [1.29, 1.82) is 0 Å². The molecule has 2 heterocycles. The van der Waals surface area contributed by atoms with Crippen LogP contribution >= 0.6 is 0 Å². The predicted molar refractivity (Wildman–Crippen MR) is 132 cm³/mol. The number of aromatic nitrogens is 1. The quantitative estimate of drug-likeness (QED) is 0.570. The van der Waals surface area contributed by atoms with Gasteiger partial charge in [-0.1, -0.05) is 37.1 Å². The number of ether oxygens (including phenoxy) is 3. The largest absolute Gasteiger partial charge is 0.497 e. The van der Waals surface area contributed by atoms with Crippen molar-refractivity contribution in [2.45, 2.75) is 32.2 Å². The zero-order valence-corrected chi connectivity index (χ0v) is 19.5. The minimum absolute atomic E-state index is 0.0699. The molecule has 178 valence electrons. The summed E-state index contributed by atoms with van der Waals surface area (Å²) in [5.41, 5.74) is 1.64. The molecule has 0 radical (unpaired) electrons. The van der Waals surface area contributed by atoms with E-state index in [-0.39, 0.29) is 12.5 Å². The van der Waals surface area contributed by atoms with Crippen molar-refractivity contribution in [3.63, 3.8) is 0 Å². The predicted octanol–water partition coefficient (Wildman–Crippen LogP) is 5.28. The number of pyridine rings is 1. The van der Waals surface area contributed by atoms with Gasteiger partial charge in [-0.15, -0.1) is 0 Å². The van der Waals surface area contributed by atoms with E-state index in [1.54, 1.807) is 13.3 Å². The third-order valence-corrected chi connectivity index (χ3v) is 5.65. The molecule has 7 heteroatoms. The van der Waals surface area contributed by atoms with Crippen molar-refractivity contribution in [1.82, 2.24) is 9.88 Å². The number of methoxy groups -OCH3 is 1. The molecule has 1 aliphatic heterocycles. The van der Waals surface area contributed by atoms with Crippen molar-refractivity contribution >= 4 is 11.6 Å². The molecule has 0 saturated carbocycles. The zero-order valence-electron chi connectivity index (χ0n) is 19.5. The second kappa shape index (κ2) is 12.0. The number of nitrogens with zero attached hydrogens (tertiary/aromatic N) is 2. The van der Waals surface area contributed by atoms with Crippen LogP contribution in [-0.2, 0) is 11.3 Å². The number of benzene rings is 2. The van der Waals surface area contributed by atoms with E-state index in [0.717, 1.165) is 37.8 Å². The summed E-state index contributed by atoms with van der Waals surface area (Å²) in [6.07, 6.45) is 5.84. The van der Waals surface area contributed by atoms with Crippen LogP contribution in [0.3, 0.4) is 0 Å². The highest BCUT2D eigenvalue weighted by Crippen LogP contribution is 2.32. The smallest absolute Gasteiger partial charge is 0.238 e. The number of anilines is 1. The number of nitrogens with one attached hydrogen (secondary N) is 1. The van der Waals surface area contributed by atoms with Gasteiger partial charge in [0.05, 0.1) is 20.3 Å². The molecule has 0 atom stereocenters. The van der Waals surface area contributed by atoms with Crippen molar-refractivity contribution < 1.29 is 19.0 Å². The van der Waals surface area contributed by atoms with Gasteiger partial charge in [-0.25, -0.2) is 4.98 Å². The summed E-state index contributed by atoms with van der Waals surface area (Å²) in [6.45, 7) is 2.27. The maximum absolute atomic E-state index is 12.9. The number of carbonyl (C=O) groups is 1. The van der Waals surface area contributed by atoms with E-state index in [1.165, 1.54) is 0 Å². The van der Waals surface area contributed by atoms with Crippen LogP contribution in [0.15, 0.2) is 66.9 Å². The minimum atomic E-state index is -0.0699. The lowest BCUT2D eigenvalue weighted by Gasteiger charge is -2.23. The third kappa shape index (κ3) is 6.71. The van der Waals surface area contributed by atoms with Crippen LogP contribution in [0.4, 0.5) is 5.69 Å². The highest BCUT2D eigenvalue weighted by atomic mass is 16.5. The van der Waals surface area contributed by atoms with Crippen molar-refractivity contribution in [3.8, 4) is 23.1 Å². The molecule has 1 amide bonds. The SMILES string of the molecule is COc1cccc(NC(=O)CN2CCCCCCOc3ccccc3Oc3ncccc3C2)c1. The van der Waals surface area contributed by atoms with Crippen LogP contribution in [0.25, 0.3) is 0 Å². The van der Waals surface area contributed by atoms with E-state index in [2.05, 4.69) is 15.2 Å².